The third-order valence-electron chi connectivity index (χ3n) is 5.02. The second kappa shape index (κ2) is 6.73. The van der Waals surface area contributed by atoms with Gasteiger partial charge in [-0.3, -0.25) is 9.69 Å². The fourth-order valence-corrected chi connectivity index (χ4v) is 3.85. The van der Waals surface area contributed by atoms with E-state index in [-0.39, 0.29) is 5.91 Å². The maximum atomic E-state index is 12.1. The molecule has 2 aromatic rings. The molecule has 1 aliphatic heterocycles. The van der Waals surface area contributed by atoms with E-state index in [9.17, 15) is 4.79 Å². The number of benzene rings is 1. The first kappa shape index (κ1) is 15.3. The predicted molar refractivity (Wildman–Crippen MR) is 88.1 cm³/mol. The topological polar surface area (TPSA) is 71.3 Å². The van der Waals surface area contributed by atoms with Crippen LogP contribution in [0.25, 0.3) is 0 Å². The van der Waals surface area contributed by atoms with Crippen LogP contribution in [0.15, 0.2) is 34.9 Å². The van der Waals surface area contributed by atoms with Crippen LogP contribution >= 0.6 is 0 Å². The number of amides is 1. The standard InChI is InChI=1S/C18H22N4O2/c23-17(12-22-11-14-6-7-15(22)8-14)19-10-18-20-16(21-24-18)9-13-4-2-1-3-5-13/h1-5,14-15H,6-12H2,(H,19,23). The van der Waals surface area contributed by atoms with Crippen LogP contribution in [0.1, 0.15) is 36.5 Å². The van der Waals surface area contributed by atoms with E-state index in [0.717, 1.165) is 18.0 Å². The smallest absolute Gasteiger partial charge is 0.246 e. The van der Waals surface area contributed by atoms with Gasteiger partial charge in [-0.1, -0.05) is 35.5 Å². The zero-order chi connectivity index (χ0) is 16.4. The highest BCUT2D eigenvalue weighted by Gasteiger charge is 2.38. The first-order valence-electron chi connectivity index (χ1n) is 8.62. The van der Waals surface area contributed by atoms with Gasteiger partial charge in [-0.15, -0.1) is 0 Å². The second-order valence-corrected chi connectivity index (χ2v) is 6.81. The summed E-state index contributed by atoms with van der Waals surface area (Å²) >= 11 is 0. The summed E-state index contributed by atoms with van der Waals surface area (Å²) in [7, 11) is 0. The highest BCUT2D eigenvalue weighted by Crippen LogP contribution is 2.36. The van der Waals surface area contributed by atoms with Crippen molar-refractivity contribution in [1.29, 1.82) is 0 Å². The molecule has 126 valence electrons. The number of aromatic nitrogens is 2. The zero-order valence-electron chi connectivity index (χ0n) is 13.6. The summed E-state index contributed by atoms with van der Waals surface area (Å²) in [5.41, 5.74) is 1.14. The summed E-state index contributed by atoms with van der Waals surface area (Å²) in [6, 6.07) is 10.6. The Kier molecular flexibility index (Phi) is 4.30. The summed E-state index contributed by atoms with van der Waals surface area (Å²) in [4.78, 5) is 18.7. The zero-order valence-corrected chi connectivity index (χ0v) is 13.6. The second-order valence-electron chi connectivity index (χ2n) is 6.81. The Morgan fingerprint density at radius 2 is 2.17 bits per heavy atom. The van der Waals surface area contributed by atoms with Gasteiger partial charge in [0, 0.05) is 19.0 Å². The molecule has 1 aromatic carbocycles. The van der Waals surface area contributed by atoms with E-state index in [1.54, 1.807) is 0 Å². The summed E-state index contributed by atoms with van der Waals surface area (Å²) in [6.45, 7) is 1.84. The number of rotatable bonds is 6. The minimum atomic E-state index is 0.0327. The summed E-state index contributed by atoms with van der Waals surface area (Å²) in [6.07, 6.45) is 4.47. The molecule has 1 N–H and O–H groups in total. The lowest BCUT2D eigenvalue weighted by atomic mass is 10.1. The molecular formula is C18H22N4O2. The maximum Gasteiger partial charge on any atom is 0.246 e. The van der Waals surface area contributed by atoms with Gasteiger partial charge in [0.2, 0.25) is 11.8 Å². The molecule has 0 spiro atoms. The van der Waals surface area contributed by atoms with Gasteiger partial charge >= 0.3 is 0 Å². The normalized spacial score (nSPS) is 22.8. The van der Waals surface area contributed by atoms with Crippen molar-refractivity contribution in [2.45, 2.75) is 38.3 Å². The van der Waals surface area contributed by atoms with Gasteiger partial charge in [0.05, 0.1) is 13.1 Å². The summed E-state index contributed by atoms with van der Waals surface area (Å²) < 4.78 is 5.22. The van der Waals surface area contributed by atoms with Crippen LogP contribution in [-0.4, -0.2) is 40.1 Å². The number of piperidine rings is 1. The average molecular weight is 326 g/mol. The lowest BCUT2D eigenvalue weighted by molar-refractivity contribution is -0.122. The minimum Gasteiger partial charge on any atom is -0.346 e. The monoisotopic (exact) mass is 326 g/mol. The van der Waals surface area contributed by atoms with Crippen molar-refractivity contribution in [3.63, 3.8) is 0 Å². The van der Waals surface area contributed by atoms with Crippen molar-refractivity contribution >= 4 is 5.91 Å². The lowest BCUT2D eigenvalue weighted by Crippen LogP contribution is -2.41. The van der Waals surface area contributed by atoms with Crippen LogP contribution in [0.4, 0.5) is 0 Å². The van der Waals surface area contributed by atoms with Gasteiger partial charge in [-0.05, 0) is 30.7 Å². The number of carbonyl (C=O) groups excluding carboxylic acids is 1. The van der Waals surface area contributed by atoms with Crippen molar-refractivity contribution in [1.82, 2.24) is 20.4 Å². The SMILES string of the molecule is O=C(CN1CC2CCC1C2)NCc1nc(Cc2ccccc2)no1. The van der Waals surface area contributed by atoms with Crippen LogP contribution < -0.4 is 5.32 Å². The maximum absolute atomic E-state index is 12.1. The van der Waals surface area contributed by atoms with Crippen LogP contribution in [0.5, 0.6) is 0 Å². The number of nitrogens with zero attached hydrogens (tertiary/aromatic N) is 3. The number of nitrogens with one attached hydrogen (secondary N) is 1. The van der Waals surface area contributed by atoms with Crippen LogP contribution in [-0.2, 0) is 17.8 Å². The van der Waals surface area contributed by atoms with Crippen molar-refractivity contribution in [2.75, 3.05) is 13.1 Å². The molecule has 1 aromatic heterocycles. The largest absolute Gasteiger partial charge is 0.346 e. The highest BCUT2D eigenvalue weighted by molar-refractivity contribution is 5.78. The third kappa shape index (κ3) is 3.48. The van der Waals surface area contributed by atoms with Gasteiger partial charge < -0.3 is 9.84 Å². The van der Waals surface area contributed by atoms with Gasteiger partial charge in [-0.2, -0.15) is 4.98 Å². The minimum absolute atomic E-state index is 0.0327. The van der Waals surface area contributed by atoms with Crippen molar-refractivity contribution in [2.24, 2.45) is 5.92 Å². The summed E-state index contributed by atoms with van der Waals surface area (Å²) in [5, 5.41) is 6.86. The quantitative estimate of drug-likeness (QED) is 0.876. The van der Waals surface area contributed by atoms with Gasteiger partial charge in [-0.25, -0.2) is 0 Å². The van der Waals surface area contributed by atoms with Crippen LogP contribution in [0.2, 0.25) is 0 Å². The fourth-order valence-electron chi connectivity index (χ4n) is 3.85. The van der Waals surface area contributed by atoms with Gasteiger partial charge in [0.25, 0.3) is 0 Å². The molecule has 6 heteroatoms. The molecule has 2 fully saturated rings. The van der Waals surface area contributed by atoms with E-state index in [4.69, 9.17) is 4.52 Å². The Balaban J connectivity index is 1.25. The first-order chi connectivity index (χ1) is 11.8. The Morgan fingerprint density at radius 3 is 2.92 bits per heavy atom. The van der Waals surface area contributed by atoms with E-state index in [0.29, 0.717) is 37.3 Å². The number of hydrogen-bond acceptors (Lipinski definition) is 5. The Labute approximate surface area is 141 Å². The molecule has 2 bridgehead atoms. The van der Waals surface area contributed by atoms with Crippen LogP contribution in [0, 0.1) is 5.92 Å². The van der Waals surface area contributed by atoms with E-state index in [1.165, 1.54) is 19.3 Å². The molecule has 2 heterocycles. The molecule has 0 radical (unpaired) electrons. The molecule has 1 saturated carbocycles. The van der Waals surface area contributed by atoms with E-state index < -0.39 is 0 Å². The number of carbonyl (C=O) groups is 1. The molecular weight excluding hydrogens is 304 g/mol. The molecule has 4 rings (SSSR count). The average Bonchev–Trinajstić information content (AvgIpc) is 3.31. The molecule has 1 amide bonds. The first-order valence-corrected chi connectivity index (χ1v) is 8.62. The van der Waals surface area contributed by atoms with E-state index >= 15 is 0 Å². The van der Waals surface area contributed by atoms with Crippen molar-refractivity contribution in [3.8, 4) is 0 Å². The summed E-state index contributed by atoms with van der Waals surface area (Å²) in [5.74, 6) is 1.93. The highest BCUT2D eigenvalue weighted by atomic mass is 16.5. The Bertz CT molecular complexity index is 700. The van der Waals surface area contributed by atoms with Crippen molar-refractivity contribution in [3.05, 3.63) is 47.6 Å². The molecule has 2 unspecified atom stereocenters. The molecule has 6 nitrogen and oxygen atoms in total. The van der Waals surface area contributed by atoms with E-state index in [2.05, 4.69) is 20.4 Å². The number of likely N-dealkylation sites (tertiary alicyclic amines) is 1. The molecule has 2 atom stereocenters. The lowest BCUT2D eigenvalue weighted by Gasteiger charge is -2.25. The number of fused-ring (bicyclic) bond motifs is 2. The van der Waals surface area contributed by atoms with E-state index in [1.807, 2.05) is 30.3 Å². The van der Waals surface area contributed by atoms with Gasteiger partial charge in [0.1, 0.15) is 0 Å². The Hall–Kier alpha value is -2.21. The number of hydrogen-bond donors (Lipinski definition) is 1. The predicted octanol–water partition coefficient (Wildman–Crippen LogP) is 1.76. The van der Waals surface area contributed by atoms with Gasteiger partial charge in [0.15, 0.2) is 5.82 Å². The van der Waals surface area contributed by atoms with Crippen molar-refractivity contribution < 1.29 is 9.32 Å². The fraction of sp³-hybridized carbons (Fsp3) is 0.500. The Morgan fingerprint density at radius 1 is 1.29 bits per heavy atom. The third-order valence-corrected chi connectivity index (χ3v) is 5.02. The molecule has 24 heavy (non-hydrogen) atoms. The molecule has 2 aliphatic rings. The molecule has 1 saturated heterocycles. The molecule has 1 aliphatic carbocycles. The van der Waals surface area contributed by atoms with Crippen LogP contribution in [0.3, 0.4) is 0 Å².